The van der Waals surface area contributed by atoms with Crippen LogP contribution in [0.3, 0.4) is 0 Å². The maximum absolute atomic E-state index is 10.8. The number of hydrogen-bond acceptors (Lipinski definition) is 3. The van der Waals surface area contributed by atoms with Crippen LogP contribution < -0.4 is 10.6 Å². The van der Waals surface area contributed by atoms with Gasteiger partial charge in [-0.2, -0.15) is 0 Å². The van der Waals surface area contributed by atoms with Crippen molar-refractivity contribution in [2.45, 2.75) is 25.8 Å². The average molecular weight is 193 g/mol. The largest absolute Gasteiger partial charge is 0.316 e. The van der Waals surface area contributed by atoms with Crippen molar-refractivity contribution in [2.75, 3.05) is 0 Å². The minimum absolute atomic E-state index is 0.0614. The maximum Gasteiger partial charge on any atom is 0.316 e. The van der Waals surface area contributed by atoms with Crippen molar-refractivity contribution < 1.29 is 9.59 Å². The summed E-state index contributed by atoms with van der Waals surface area (Å²) in [6.45, 7) is 1.94. The van der Waals surface area contributed by atoms with Crippen molar-refractivity contribution in [1.29, 1.82) is 0 Å². The summed E-state index contributed by atoms with van der Waals surface area (Å²) >= 11 is 0. The molecule has 1 heterocycles. The number of nitrogens with one attached hydrogen (secondary N) is 2. The van der Waals surface area contributed by atoms with E-state index < -0.39 is 11.8 Å². The Labute approximate surface area is 82.0 Å². The van der Waals surface area contributed by atoms with Crippen LogP contribution in [-0.4, -0.2) is 23.8 Å². The van der Waals surface area contributed by atoms with Gasteiger partial charge in [0.05, 0.1) is 6.04 Å². The summed E-state index contributed by atoms with van der Waals surface area (Å²) in [5, 5.41) is 4.62. The van der Waals surface area contributed by atoms with Crippen molar-refractivity contribution in [3.05, 3.63) is 0 Å². The smallest absolute Gasteiger partial charge is 0.288 e. The third-order valence-corrected chi connectivity index (χ3v) is 1.81. The van der Waals surface area contributed by atoms with Gasteiger partial charge in [0.2, 0.25) is 5.96 Å². The number of hydrogen-bond donors (Lipinski definition) is 2. The van der Waals surface area contributed by atoms with Crippen molar-refractivity contribution in [3.63, 3.8) is 0 Å². The lowest BCUT2D eigenvalue weighted by Gasteiger charge is -2.05. The summed E-state index contributed by atoms with van der Waals surface area (Å²) in [5.41, 5.74) is 0. The van der Waals surface area contributed by atoms with E-state index in [0.717, 1.165) is 6.42 Å². The number of terminal acetylenes is 1. The number of guanidine groups is 1. The van der Waals surface area contributed by atoms with Crippen LogP contribution in [0.1, 0.15) is 19.8 Å². The SMILES string of the molecule is C#CCC(CC)N=C1NC(=O)C(=O)N1. The van der Waals surface area contributed by atoms with Gasteiger partial charge in [-0.15, -0.1) is 12.3 Å². The molecule has 1 atom stereocenters. The number of nitrogens with zero attached hydrogens (tertiary/aromatic N) is 1. The van der Waals surface area contributed by atoms with Gasteiger partial charge in [0.25, 0.3) is 0 Å². The second-order valence-electron chi connectivity index (χ2n) is 2.86. The molecule has 0 spiro atoms. The molecular weight excluding hydrogens is 182 g/mol. The Morgan fingerprint density at radius 2 is 2.00 bits per heavy atom. The van der Waals surface area contributed by atoms with Gasteiger partial charge in [-0.1, -0.05) is 6.92 Å². The predicted molar refractivity (Wildman–Crippen MR) is 51.2 cm³/mol. The molecule has 1 aliphatic rings. The lowest BCUT2D eigenvalue weighted by molar-refractivity contribution is -0.135. The van der Waals surface area contributed by atoms with E-state index in [1.165, 1.54) is 0 Å². The van der Waals surface area contributed by atoms with E-state index in [1.807, 2.05) is 6.92 Å². The highest BCUT2D eigenvalue weighted by Gasteiger charge is 2.25. The Balaban J connectivity index is 2.65. The Morgan fingerprint density at radius 3 is 2.43 bits per heavy atom. The van der Waals surface area contributed by atoms with Crippen molar-refractivity contribution >= 4 is 17.8 Å². The Kier molecular flexibility index (Phi) is 3.24. The summed E-state index contributed by atoms with van der Waals surface area (Å²) in [5.74, 6) is 1.32. The van der Waals surface area contributed by atoms with Gasteiger partial charge >= 0.3 is 11.8 Å². The van der Waals surface area contributed by atoms with Gasteiger partial charge in [-0.3, -0.25) is 20.2 Å². The summed E-state index contributed by atoms with van der Waals surface area (Å²) < 4.78 is 0. The van der Waals surface area contributed by atoms with Gasteiger partial charge in [0.1, 0.15) is 0 Å². The van der Waals surface area contributed by atoms with E-state index in [0.29, 0.717) is 6.42 Å². The molecule has 0 aromatic heterocycles. The molecular formula is C9H11N3O2. The van der Waals surface area contributed by atoms with E-state index in [1.54, 1.807) is 0 Å². The first-order valence-electron chi connectivity index (χ1n) is 4.31. The fourth-order valence-corrected chi connectivity index (χ4v) is 1.02. The Morgan fingerprint density at radius 1 is 1.43 bits per heavy atom. The summed E-state index contributed by atoms with van der Waals surface area (Å²) in [6.07, 6.45) is 6.40. The minimum atomic E-state index is -0.681. The first kappa shape index (κ1) is 10.3. The molecule has 0 aliphatic carbocycles. The van der Waals surface area contributed by atoms with Crippen molar-refractivity contribution in [2.24, 2.45) is 4.99 Å². The zero-order valence-corrected chi connectivity index (χ0v) is 7.83. The Bertz CT molecular complexity index is 309. The minimum Gasteiger partial charge on any atom is -0.288 e. The van der Waals surface area contributed by atoms with Crippen LogP contribution in [-0.2, 0) is 9.59 Å². The van der Waals surface area contributed by atoms with E-state index in [9.17, 15) is 9.59 Å². The van der Waals surface area contributed by atoms with Gasteiger partial charge in [0, 0.05) is 6.42 Å². The third kappa shape index (κ3) is 2.33. The molecule has 5 heteroatoms. The summed E-state index contributed by atoms with van der Waals surface area (Å²) in [6, 6.07) is -0.0614. The lowest BCUT2D eigenvalue weighted by atomic mass is 10.2. The molecule has 1 saturated heterocycles. The molecule has 0 aromatic rings. The molecule has 0 saturated carbocycles. The first-order chi connectivity index (χ1) is 6.67. The van der Waals surface area contributed by atoms with Crippen LogP contribution in [0, 0.1) is 12.3 Å². The quantitative estimate of drug-likeness (QED) is 0.463. The average Bonchev–Trinajstić information content (AvgIpc) is 2.45. The fourth-order valence-electron chi connectivity index (χ4n) is 1.02. The lowest BCUT2D eigenvalue weighted by Crippen LogP contribution is -2.27. The van der Waals surface area contributed by atoms with Crippen molar-refractivity contribution in [3.8, 4) is 12.3 Å². The molecule has 14 heavy (non-hydrogen) atoms. The van der Waals surface area contributed by atoms with E-state index >= 15 is 0 Å². The second kappa shape index (κ2) is 4.42. The molecule has 2 amide bonds. The highest BCUT2D eigenvalue weighted by atomic mass is 16.2. The first-order valence-corrected chi connectivity index (χ1v) is 4.31. The van der Waals surface area contributed by atoms with E-state index in [4.69, 9.17) is 6.42 Å². The normalized spacial score (nSPS) is 17.0. The second-order valence-corrected chi connectivity index (χ2v) is 2.86. The zero-order chi connectivity index (χ0) is 10.6. The molecule has 2 N–H and O–H groups in total. The molecule has 0 aromatic carbocycles. The highest BCUT2D eigenvalue weighted by molar-refractivity contribution is 6.45. The molecule has 0 bridgehead atoms. The monoisotopic (exact) mass is 193 g/mol. The fraction of sp³-hybridized carbons (Fsp3) is 0.444. The third-order valence-electron chi connectivity index (χ3n) is 1.81. The molecule has 1 rings (SSSR count). The number of amides is 2. The molecule has 5 nitrogen and oxygen atoms in total. The highest BCUT2D eigenvalue weighted by Crippen LogP contribution is 2.02. The molecule has 74 valence electrons. The maximum atomic E-state index is 10.8. The van der Waals surface area contributed by atoms with Crippen LogP contribution in [0.15, 0.2) is 4.99 Å². The van der Waals surface area contributed by atoms with Crippen LogP contribution >= 0.6 is 0 Å². The van der Waals surface area contributed by atoms with Gasteiger partial charge in [-0.25, -0.2) is 4.99 Å². The summed E-state index contributed by atoms with van der Waals surface area (Å²) in [4.78, 5) is 25.6. The van der Waals surface area contributed by atoms with Crippen LogP contribution in [0.4, 0.5) is 0 Å². The van der Waals surface area contributed by atoms with Gasteiger partial charge in [0.15, 0.2) is 0 Å². The number of rotatable bonds is 3. The zero-order valence-electron chi connectivity index (χ0n) is 7.83. The number of carbonyl (C=O) groups excluding carboxylic acids is 2. The van der Waals surface area contributed by atoms with Crippen LogP contribution in [0.2, 0.25) is 0 Å². The van der Waals surface area contributed by atoms with Crippen molar-refractivity contribution in [1.82, 2.24) is 10.6 Å². The standard InChI is InChI=1S/C9H11N3O2/c1-3-5-6(4-2)10-9-11-7(13)8(14)12-9/h1,6H,4-5H2,2H3,(H2,10,11,12,13,14). The summed E-state index contributed by atoms with van der Waals surface area (Å²) in [7, 11) is 0. The molecule has 0 radical (unpaired) electrons. The van der Waals surface area contributed by atoms with Crippen LogP contribution in [0.25, 0.3) is 0 Å². The molecule has 1 unspecified atom stereocenters. The van der Waals surface area contributed by atoms with Gasteiger partial charge < -0.3 is 0 Å². The molecule has 1 fully saturated rings. The number of aliphatic imine (C=N–C) groups is 1. The molecule has 1 aliphatic heterocycles. The topological polar surface area (TPSA) is 70.6 Å². The van der Waals surface area contributed by atoms with Gasteiger partial charge in [-0.05, 0) is 6.42 Å². The Hall–Kier alpha value is -1.83. The predicted octanol–water partition coefficient (Wildman–Crippen LogP) is -0.610. The number of carbonyl (C=O) groups is 2. The van der Waals surface area contributed by atoms with E-state index in [-0.39, 0.29) is 12.0 Å². The van der Waals surface area contributed by atoms with E-state index in [2.05, 4.69) is 21.5 Å². The van der Waals surface area contributed by atoms with Crippen LogP contribution in [0.5, 0.6) is 0 Å².